The summed E-state index contributed by atoms with van der Waals surface area (Å²) in [6, 6.07) is 0. The van der Waals surface area contributed by atoms with E-state index in [1.54, 1.807) is 0 Å². The van der Waals surface area contributed by atoms with E-state index in [0.29, 0.717) is 5.41 Å². The number of rotatable bonds is 4. The number of hydrogen-bond acceptors (Lipinski definition) is 0. The minimum atomic E-state index is 0.634. The lowest BCUT2D eigenvalue weighted by molar-refractivity contribution is 0.264. The molecule has 0 nitrogen and oxygen atoms in total. The maximum Gasteiger partial charge on any atom is -0.0323 e. The monoisotopic (exact) mass is 154 g/mol. The molecule has 0 amide bonds. The van der Waals surface area contributed by atoms with Gasteiger partial charge in [-0.1, -0.05) is 40.5 Å². The van der Waals surface area contributed by atoms with Gasteiger partial charge >= 0.3 is 0 Å². The minimum Gasteiger partial charge on any atom is -0.0654 e. The number of hydrogen-bond donors (Lipinski definition) is 0. The highest BCUT2D eigenvalue weighted by Crippen LogP contribution is 2.54. The third kappa shape index (κ3) is 1.98. The first-order valence-corrected chi connectivity index (χ1v) is 5.11. The van der Waals surface area contributed by atoms with Crippen LogP contribution < -0.4 is 0 Å². The van der Waals surface area contributed by atoms with Gasteiger partial charge in [0.05, 0.1) is 0 Å². The lowest BCUT2D eigenvalue weighted by atomic mass is 9.81. The van der Waals surface area contributed by atoms with Crippen LogP contribution in [0.25, 0.3) is 0 Å². The second kappa shape index (κ2) is 3.16. The molecule has 0 aromatic heterocycles. The van der Waals surface area contributed by atoms with Crippen molar-refractivity contribution in [1.29, 1.82) is 0 Å². The van der Waals surface area contributed by atoms with E-state index in [1.165, 1.54) is 25.7 Å². The van der Waals surface area contributed by atoms with Gasteiger partial charge < -0.3 is 0 Å². The van der Waals surface area contributed by atoms with Crippen LogP contribution in [0.1, 0.15) is 53.4 Å². The molecule has 2 unspecified atom stereocenters. The molecule has 1 saturated carbocycles. The molecule has 2 atom stereocenters. The van der Waals surface area contributed by atoms with Crippen molar-refractivity contribution in [2.24, 2.45) is 17.3 Å². The van der Waals surface area contributed by atoms with E-state index in [4.69, 9.17) is 0 Å². The second-order valence-corrected chi connectivity index (χ2v) is 4.75. The van der Waals surface area contributed by atoms with Crippen LogP contribution in [0.4, 0.5) is 0 Å². The molecule has 1 fully saturated rings. The van der Waals surface area contributed by atoms with Crippen LogP contribution in [0, 0.1) is 17.3 Å². The molecule has 0 radical (unpaired) electrons. The summed E-state index contributed by atoms with van der Waals surface area (Å²) in [5.74, 6) is 2.11. The van der Waals surface area contributed by atoms with Crippen molar-refractivity contribution in [3.63, 3.8) is 0 Å². The lowest BCUT2D eigenvalue weighted by Gasteiger charge is -2.24. The van der Waals surface area contributed by atoms with Crippen LogP contribution >= 0.6 is 0 Å². The first-order valence-electron chi connectivity index (χ1n) is 5.11. The van der Waals surface area contributed by atoms with Gasteiger partial charge in [-0.15, -0.1) is 0 Å². The highest BCUT2D eigenvalue weighted by Gasteiger charge is 2.45. The average molecular weight is 154 g/mol. The van der Waals surface area contributed by atoms with Crippen molar-refractivity contribution in [2.75, 3.05) is 0 Å². The quantitative estimate of drug-likeness (QED) is 0.577. The van der Waals surface area contributed by atoms with Crippen molar-refractivity contribution in [3.05, 3.63) is 0 Å². The second-order valence-electron chi connectivity index (χ2n) is 4.75. The molecule has 0 N–H and O–H groups in total. The molecular weight excluding hydrogens is 132 g/mol. The third-order valence-electron chi connectivity index (χ3n) is 3.35. The van der Waals surface area contributed by atoms with Gasteiger partial charge in [-0.2, -0.15) is 0 Å². The van der Waals surface area contributed by atoms with E-state index >= 15 is 0 Å². The van der Waals surface area contributed by atoms with Gasteiger partial charge in [0, 0.05) is 0 Å². The summed E-state index contributed by atoms with van der Waals surface area (Å²) in [6.07, 6.45) is 5.66. The Labute approximate surface area is 71.4 Å². The molecule has 0 heteroatoms. The van der Waals surface area contributed by atoms with E-state index in [1.807, 2.05) is 0 Å². The molecule has 0 heterocycles. The summed E-state index contributed by atoms with van der Waals surface area (Å²) >= 11 is 0. The van der Waals surface area contributed by atoms with Crippen molar-refractivity contribution < 1.29 is 0 Å². The Hall–Kier alpha value is 0. The molecular formula is C11H22. The molecule has 1 rings (SSSR count). The fraction of sp³-hybridized carbons (Fsp3) is 1.00. The van der Waals surface area contributed by atoms with Gasteiger partial charge in [0.2, 0.25) is 0 Å². The standard InChI is InChI=1S/C11H22/c1-5-7-11(3,4)10-8-9(10)6-2/h9-10H,5-8H2,1-4H3. The van der Waals surface area contributed by atoms with Gasteiger partial charge in [0.15, 0.2) is 0 Å². The van der Waals surface area contributed by atoms with Crippen LogP contribution in [0.3, 0.4) is 0 Å². The average Bonchev–Trinajstić information content (AvgIpc) is 2.65. The largest absolute Gasteiger partial charge is 0.0654 e. The van der Waals surface area contributed by atoms with E-state index in [9.17, 15) is 0 Å². The zero-order valence-electron chi connectivity index (χ0n) is 8.48. The van der Waals surface area contributed by atoms with Crippen LogP contribution in [-0.2, 0) is 0 Å². The van der Waals surface area contributed by atoms with Gasteiger partial charge in [-0.25, -0.2) is 0 Å². The molecule has 1 aliphatic carbocycles. The zero-order chi connectivity index (χ0) is 8.48. The van der Waals surface area contributed by atoms with Crippen LogP contribution in [0.15, 0.2) is 0 Å². The Morgan fingerprint density at radius 3 is 2.27 bits per heavy atom. The Morgan fingerprint density at radius 2 is 1.91 bits per heavy atom. The predicted molar refractivity (Wildman–Crippen MR) is 50.6 cm³/mol. The Morgan fingerprint density at radius 1 is 1.27 bits per heavy atom. The van der Waals surface area contributed by atoms with E-state index < -0.39 is 0 Å². The lowest BCUT2D eigenvalue weighted by Crippen LogP contribution is -2.14. The molecule has 0 aromatic rings. The first-order chi connectivity index (χ1) is 5.11. The Balaban J connectivity index is 2.35. The van der Waals surface area contributed by atoms with Crippen LogP contribution in [0.5, 0.6) is 0 Å². The fourth-order valence-corrected chi connectivity index (χ4v) is 2.49. The van der Waals surface area contributed by atoms with Gasteiger partial charge in [-0.3, -0.25) is 0 Å². The SMILES string of the molecule is CCCC(C)(C)C1CC1CC. The predicted octanol–water partition coefficient (Wildman–Crippen LogP) is 3.86. The van der Waals surface area contributed by atoms with Crippen molar-refractivity contribution >= 4 is 0 Å². The van der Waals surface area contributed by atoms with E-state index in [-0.39, 0.29) is 0 Å². The summed E-state index contributed by atoms with van der Waals surface area (Å²) in [5, 5.41) is 0. The van der Waals surface area contributed by atoms with E-state index in [2.05, 4.69) is 27.7 Å². The molecule has 11 heavy (non-hydrogen) atoms. The first kappa shape index (κ1) is 9.09. The Bertz CT molecular complexity index is 124. The van der Waals surface area contributed by atoms with Gasteiger partial charge in [-0.05, 0) is 30.1 Å². The summed E-state index contributed by atoms with van der Waals surface area (Å²) < 4.78 is 0. The zero-order valence-corrected chi connectivity index (χ0v) is 8.48. The van der Waals surface area contributed by atoms with Crippen molar-refractivity contribution in [1.82, 2.24) is 0 Å². The van der Waals surface area contributed by atoms with Gasteiger partial charge in [0.1, 0.15) is 0 Å². The third-order valence-corrected chi connectivity index (χ3v) is 3.35. The molecule has 66 valence electrons. The molecule has 0 spiro atoms. The highest BCUT2D eigenvalue weighted by molar-refractivity contribution is 4.94. The highest BCUT2D eigenvalue weighted by atomic mass is 14.5. The topological polar surface area (TPSA) is 0 Å². The summed E-state index contributed by atoms with van der Waals surface area (Å²) in [6.45, 7) is 9.51. The fourth-order valence-electron chi connectivity index (χ4n) is 2.49. The normalized spacial score (nSPS) is 30.5. The van der Waals surface area contributed by atoms with E-state index in [0.717, 1.165) is 11.8 Å². The van der Waals surface area contributed by atoms with Crippen LogP contribution in [-0.4, -0.2) is 0 Å². The van der Waals surface area contributed by atoms with Crippen molar-refractivity contribution in [2.45, 2.75) is 53.4 Å². The summed E-state index contributed by atoms with van der Waals surface area (Å²) in [7, 11) is 0. The van der Waals surface area contributed by atoms with Gasteiger partial charge in [0.25, 0.3) is 0 Å². The summed E-state index contributed by atoms with van der Waals surface area (Å²) in [4.78, 5) is 0. The molecule has 1 aliphatic rings. The smallest absolute Gasteiger partial charge is 0.0323 e. The molecule has 0 saturated heterocycles. The molecule has 0 aliphatic heterocycles. The summed E-state index contributed by atoms with van der Waals surface area (Å²) in [5.41, 5.74) is 0.634. The molecule has 0 aromatic carbocycles. The van der Waals surface area contributed by atoms with Crippen molar-refractivity contribution in [3.8, 4) is 0 Å². The minimum absolute atomic E-state index is 0.634. The molecule has 0 bridgehead atoms. The van der Waals surface area contributed by atoms with Crippen LogP contribution in [0.2, 0.25) is 0 Å². The maximum absolute atomic E-state index is 2.44. The maximum atomic E-state index is 2.44. The Kier molecular flexibility index (Phi) is 2.61.